The van der Waals surface area contributed by atoms with Gasteiger partial charge in [0, 0.05) is 12.1 Å². The van der Waals surface area contributed by atoms with Crippen LogP contribution in [0.4, 0.5) is 5.69 Å². The van der Waals surface area contributed by atoms with Crippen molar-refractivity contribution in [1.29, 1.82) is 0 Å². The molecule has 0 heterocycles. The number of amides is 2. The van der Waals surface area contributed by atoms with Gasteiger partial charge in [-0.05, 0) is 50.5 Å². The van der Waals surface area contributed by atoms with Gasteiger partial charge in [0.15, 0.2) is 0 Å². The largest absolute Gasteiger partial charge is 0.481 e. The number of carboxylic acid groups (broad SMARTS) is 1. The number of carboxylic acids is 1. The molecule has 2 aromatic rings. The number of hydrogen-bond acceptors (Lipinski definition) is 3. The molecular formula is C22H26N2O4. The van der Waals surface area contributed by atoms with Crippen LogP contribution in [0.5, 0.6) is 0 Å². The number of carbonyl (C=O) groups excluding carboxylic acids is 2. The number of aryl methyl sites for hydroxylation is 2. The van der Waals surface area contributed by atoms with Gasteiger partial charge in [-0.25, -0.2) is 0 Å². The third kappa shape index (κ3) is 5.94. The van der Waals surface area contributed by atoms with Crippen molar-refractivity contribution in [3.8, 4) is 0 Å². The Morgan fingerprint density at radius 3 is 2.11 bits per heavy atom. The van der Waals surface area contributed by atoms with Gasteiger partial charge in [0.25, 0.3) is 0 Å². The first-order valence-electron chi connectivity index (χ1n) is 9.14. The van der Waals surface area contributed by atoms with Crippen molar-refractivity contribution in [2.24, 2.45) is 0 Å². The lowest BCUT2D eigenvalue weighted by atomic mass is 9.85. The number of nitrogens with one attached hydrogen (secondary N) is 2. The number of hydrogen-bond donors (Lipinski definition) is 3. The molecule has 0 unspecified atom stereocenters. The lowest BCUT2D eigenvalue weighted by Crippen LogP contribution is -2.33. The van der Waals surface area contributed by atoms with E-state index in [0.717, 1.165) is 5.56 Å². The highest BCUT2D eigenvalue weighted by molar-refractivity contribution is 5.94. The van der Waals surface area contributed by atoms with Crippen molar-refractivity contribution in [3.05, 3.63) is 65.2 Å². The topological polar surface area (TPSA) is 95.5 Å². The van der Waals surface area contributed by atoms with E-state index in [2.05, 4.69) is 10.6 Å². The van der Waals surface area contributed by atoms with E-state index < -0.39 is 11.4 Å². The van der Waals surface area contributed by atoms with E-state index in [1.54, 1.807) is 38.1 Å². The van der Waals surface area contributed by atoms with E-state index in [9.17, 15) is 19.5 Å². The van der Waals surface area contributed by atoms with Crippen LogP contribution in [0.3, 0.4) is 0 Å². The standard InChI is InChI=1S/C22H26N2O4/c1-15-4-6-16(7-5-15)8-13-19(25)23-14-20(26)24-18-11-9-17(10-12-18)22(2,3)21(27)28/h4-7,9-12H,8,13-14H2,1-3H3,(H,23,25)(H,24,26)(H,27,28). The van der Waals surface area contributed by atoms with Gasteiger partial charge in [-0.2, -0.15) is 0 Å². The second kappa shape index (κ2) is 9.17. The molecule has 0 aromatic heterocycles. The van der Waals surface area contributed by atoms with Gasteiger partial charge in [0.05, 0.1) is 12.0 Å². The minimum absolute atomic E-state index is 0.116. The Balaban J connectivity index is 1.78. The number of aliphatic carboxylic acids is 1. The first kappa shape index (κ1) is 21.2. The quantitative estimate of drug-likeness (QED) is 0.654. The Morgan fingerprint density at radius 2 is 1.54 bits per heavy atom. The maximum atomic E-state index is 12.0. The normalized spacial score (nSPS) is 11.0. The molecule has 0 saturated carbocycles. The summed E-state index contributed by atoms with van der Waals surface area (Å²) in [7, 11) is 0. The number of rotatable bonds is 8. The summed E-state index contributed by atoms with van der Waals surface area (Å²) >= 11 is 0. The predicted octanol–water partition coefficient (Wildman–Crippen LogP) is 3.04. The van der Waals surface area contributed by atoms with Crippen LogP contribution in [-0.2, 0) is 26.2 Å². The summed E-state index contributed by atoms with van der Waals surface area (Å²) < 4.78 is 0. The third-order valence-corrected chi connectivity index (χ3v) is 4.63. The Kier molecular flexibility index (Phi) is 6.93. The second-order valence-electron chi connectivity index (χ2n) is 7.32. The molecule has 148 valence electrons. The van der Waals surface area contributed by atoms with Gasteiger partial charge in [0.2, 0.25) is 11.8 Å². The summed E-state index contributed by atoms with van der Waals surface area (Å²) in [6.07, 6.45) is 0.934. The lowest BCUT2D eigenvalue weighted by molar-refractivity contribution is -0.142. The van der Waals surface area contributed by atoms with Crippen LogP contribution in [0.1, 0.15) is 37.0 Å². The summed E-state index contributed by atoms with van der Waals surface area (Å²) in [5.41, 5.74) is 2.43. The Hall–Kier alpha value is -3.15. The molecule has 0 radical (unpaired) electrons. The summed E-state index contributed by atoms with van der Waals surface area (Å²) in [5, 5.41) is 14.5. The Bertz CT molecular complexity index is 840. The van der Waals surface area contributed by atoms with E-state index >= 15 is 0 Å². The van der Waals surface area contributed by atoms with E-state index in [4.69, 9.17) is 0 Å². The minimum atomic E-state index is -1.01. The SMILES string of the molecule is Cc1ccc(CCC(=O)NCC(=O)Nc2ccc(C(C)(C)C(=O)O)cc2)cc1. The van der Waals surface area contributed by atoms with Crippen molar-refractivity contribution in [3.63, 3.8) is 0 Å². The van der Waals surface area contributed by atoms with Crippen LogP contribution < -0.4 is 10.6 Å². The number of benzene rings is 2. The highest BCUT2D eigenvalue weighted by Crippen LogP contribution is 2.24. The van der Waals surface area contributed by atoms with Crippen LogP contribution >= 0.6 is 0 Å². The predicted molar refractivity (Wildman–Crippen MR) is 108 cm³/mol. The smallest absolute Gasteiger partial charge is 0.313 e. The second-order valence-corrected chi connectivity index (χ2v) is 7.32. The molecule has 0 spiro atoms. The molecule has 6 nitrogen and oxygen atoms in total. The van der Waals surface area contributed by atoms with Crippen LogP contribution in [0.15, 0.2) is 48.5 Å². The molecule has 3 N–H and O–H groups in total. The number of anilines is 1. The molecule has 0 fully saturated rings. The molecule has 2 aromatic carbocycles. The van der Waals surface area contributed by atoms with Crippen molar-refractivity contribution in [2.45, 2.75) is 39.0 Å². The maximum absolute atomic E-state index is 12.0. The summed E-state index contributed by atoms with van der Waals surface area (Å²) in [6.45, 7) is 5.13. The van der Waals surface area contributed by atoms with Gasteiger partial charge in [0.1, 0.15) is 0 Å². The lowest BCUT2D eigenvalue weighted by Gasteiger charge is -2.19. The van der Waals surface area contributed by atoms with Gasteiger partial charge >= 0.3 is 5.97 Å². The highest BCUT2D eigenvalue weighted by Gasteiger charge is 2.29. The van der Waals surface area contributed by atoms with E-state index in [1.165, 1.54) is 5.56 Å². The fourth-order valence-corrected chi connectivity index (χ4v) is 2.58. The van der Waals surface area contributed by atoms with Gasteiger partial charge in [-0.3, -0.25) is 14.4 Å². The molecule has 6 heteroatoms. The Morgan fingerprint density at radius 1 is 0.929 bits per heavy atom. The van der Waals surface area contributed by atoms with Crippen LogP contribution in [-0.4, -0.2) is 29.4 Å². The molecule has 0 saturated heterocycles. The molecule has 2 rings (SSSR count). The summed E-state index contributed by atoms with van der Waals surface area (Å²) in [6, 6.07) is 14.6. The minimum Gasteiger partial charge on any atom is -0.481 e. The molecule has 0 bridgehead atoms. The zero-order valence-corrected chi connectivity index (χ0v) is 16.4. The number of carbonyl (C=O) groups is 3. The summed E-state index contributed by atoms with van der Waals surface area (Å²) in [5.74, 6) is -1.44. The highest BCUT2D eigenvalue weighted by atomic mass is 16.4. The first-order valence-corrected chi connectivity index (χ1v) is 9.14. The van der Waals surface area contributed by atoms with E-state index in [0.29, 0.717) is 24.1 Å². The van der Waals surface area contributed by atoms with E-state index in [-0.39, 0.29) is 18.4 Å². The van der Waals surface area contributed by atoms with Crippen LogP contribution in [0, 0.1) is 6.92 Å². The average Bonchev–Trinajstić information content (AvgIpc) is 2.66. The molecule has 0 atom stereocenters. The fourth-order valence-electron chi connectivity index (χ4n) is 2.58. The van der Waals surface area contributed by atoms with Crippen molar-refractivity contribution >= 4 is 23.5 Å². The van der Waals surface area contributed by atoms with Gasteiger partial charge < -0.3 is 15.7 Å². The molecule has 0 aliphatic rings. The zero-order valence-electron chi connectivity index (χ0n) is 16.4. The molecule has 0 aliphatic heterocycles. The molecule has 0 aliphatic carbocycles. The fraction of sp³-hybridized carbons (Fsp3) is 0.318. The first-order chi connectivity index (χ1) is 13.2. The van der Waals surface area contributed by atoms with Gasteiger partial charge in [-0.15, -0.1) is 0 Å². The monoisotopic (exact) mass is 382 g/mol. The van der Waals surface area contributed by atoms with Crippen LogP contribution in [0.2, 0.25) is 0 Å². The van der Waals surface area contributed by atoms with Crippen molar-refractivity contribution < 1.29 is 19.5 Å². The van der Waals surface area contributed by atoms with Crippen LogP contribution in [0.25, 0.3) is 0 Å². The van der Waals surface area contributed by atoms with E-state index in [1.807, 2.05) is 31.2 Å². The van der Waals surface area contributed by atoms with Crippen molar-refractivity contribution in [1.82, 2.24) is 5.32 Å². The molecule has 28 heavy (non-hydrogen) atoms. The molecular weight excluding hydrogens is 356 g/mol. The van der Waals surface area contributed by atoms with Gasteiger partial charge in [-0.1, -0.05) is 42.0 Å². The summed E-state index contributed by atoms with van der Waals surface area (Å²) in [4.78, 5) is 35.2. The Labute approximate surface area is 165 Å². The van der Waals surface area contributed by atoms with Crippen molar-refractivity contribution in [2.75, 3.05) is 11.9 Å². The maximum Gasteiger partial charge on any atom is 0.313 e. The molecule has 2 amide bonds. The zero-order chi connectivity index (χ0) is 20.7. The average molecular weight is 382 g/mol. The third-order valence-electron chi connectivity index (χ3n) is 4.63.